The van der Waals surface area contributed by atoms with Gasteiger partial charge in [-0.05, 0) is 24.3 Å². The van der Waals surface area contributed by atoms with Gasteiger partial charge < -0.3 is 5.32 Å². The highest BCUT2D eigenvalue weighted by molar-refractivity contribution is 14.2. The van der Waals surface area contributed by atoms with Crippen molar-refractivity contribution >= 4 is 68.4 Å². The maximum atomic E-state index is 11.2. The van der Waals surface area contributed by atoms with Gasteiger partial charge in [-0.3, -0.25) is 4.79 Å². The molecule has 1 aromatic carbocycles. The second-order valence-electron chi connectivity index (χ2n) is 2.30. The fraction of sp³-hybridized carbons (Fsp3) is 0.125. The van der Waals surface area contributed by atoms with Crippen molar-refractivity contribution in [2.45, 2.75) is 1.93 Å². The van der Waals surface area contributed by atoms with Gasteiger partial charge >= 0.3 is 0 Å². The predicted molar refractivity (Wildman–Crippen MR) is 71.9 cm³/mol. The van der Waals surface area contributed by atoms with Gasteiger partial charge in [-0.2, -0.15) is 0 Å². The number of rotatable bonds is 2. The molecule has 0 spiro atoms. The Kier molecular flexibility index (Phi) is 4.74. The van der Waals surface area contributed by atoms with Crippen LogP contribution in [0.5, 0.6) is 0 Å². The third-order valence-corrected chi connectivity index (χ3v) is 2.69. The van der Waals surface area contributed by atoms with E-state index in [0.29, 0.717) is 5.02 Å². The first kappa shape index (κ1) is 11.5. The zero-order chi connectivity index (χ0) is 9.84. The largest absolute Gasteiger partial charge is 0.324 e. The average molecular weight is 421 g/mol. The summed E-state index contributed by atoms with van der Waals surface area (Å²) in [7, 11) is 0. The molecule has 1 aromatic rings. The normalized spacial score (nSPS) is 10.2. The summed E-state index contributed by atoms with van der Waals surface area (Å²) >= 11 is 9.80. The minimum atomic E-state index is -0.0640. The molecule has 0 heterocycles. The summed E-state index contributed by atoms with van der Waals surface area (Å²) in [5.74, 6) is -0.0106. The van der Waals surface area contributed by atoms with Crippen molar-refractivity contribution < 1.29 is 4.79 Å². The van der Waals surface area contributed by atoms with Gasteiger partial charge in [0.15, 0.2) is 0 Å². The number of alkyl halides is 2. The van der Waals surface area contributed by atoms with Crippen molar-refractivity contribution in [3.8, 4) is 0 Å². The molecular weight excluding hydrogens is 415 g/mol. The minimum Gasteiger partial charge on any atom is -0.324 e. The SMILES string of the molecule is O=C(Nc1ccc(Cl)cc1)C(I)I. The zero-order valence-corrected chi connectivity index (χ0v) is 11.5. The van der Waals surface area contributed by atoms with Crippen LogP contribution in [0.4, 0.5) is 5.69 Å². The number of carbonyl (C=O) groups is 1. The summed E-state index contributed by atoms with van der Waals surface area (Å²) in [5.41, 5.74) is 0.771. The first-order chi connectivity index (χ1) is 6.09. The van der Waals surface area contributed by atoms with Gasteiger partial charge in [0, 0.05) is 10.7 Å². The van der Waals surface area contributed by atoms with Gasteiger partial charge in [-0.1, -0.05) is 56.8 Å². The van der Waals surface area contributed by atoms with Gasteiger partial charge in [-0.15, -0.1) is 0 Å². The highest BCUT2D eigenvalue weighted by Crippen LogP contribution is 2.16. The molecule has 0 fully saturated rings. The summed E-state index contributed by atoms with van der Waals surface area (Å²) in [4.78, 5) is 11.2. The van der Waals surface area contributed by atoms with Crippen LogP contribution in [0, 0.1) is 0 Å². The molecule has 0 aliphatic heterocycles. The Bertz CT molecular complexity index is 300. The topological polar surface area (TPSA) is 29.1 Å². The number of hydrogen-bond acceptors (Lipinski definition) is 1. The van der Waals surface area contributed by atoms with Crippen LogP contribution >= 0.6 is 56.8 Å². The van der Waals surface area contributed by atoms with E-state index in [-0.39, 0.29) is 7.84 Å². The molecule has 0 aliphatic carbocycles. The van der Waals surface area contributed by atoms with E-state index >= 15 is 0 Å². The molecule has 0 aliphatic rings. The number of nitrogens with one attached hydrogen (secondary N) is 1. The molecule has 0 radical (unpaired) electrons. The second-order valence-corrected chi connectivity index (χ2v) is 7.61. The van der Waals surface area contributed by atoms with Gasteiger partial charge in [0.25, 0.3) is 0 Å². The van der Waals surface area contributed by atoms with Crippen LogP contribution in [0.2, 0.25) is 5.02 Å². The zero-order valence-electron chi connectivity index (χ0n) is 6.43. The lowest BCUT2D eigenvalue weighted by Gasteiger charge is -2.05. The van der Waals surface area contributed by atoms with Crippen molar-refractivity contribution in [3.05, 3.63) is 29.3 Å². The van der Waals surface area contributed by atoms with Crippen LogP contribution in [0.3, 0.4) is 0 Å². The molecule has 0 saturated heterocycles. The van der Waals surface area contributed by atoms with Gasteiger partial charge in [0.05, 0.1) is 0 Å². The maximum Gasteiger partial charge on any atom is 0.247 e. The molecule has 1 N–H and O–H groups in total. The molecule has 70 valence electrons. The molecule has 5 heteroatoms. The number of carbonyl (C=O) groups excluding carboxylic acids is 1. The van der Waals surface area contributed by atoms with Crippen molar-refractivity contribution in [1.82, 2.24) is 0 Å². The molecule has 0 saturated carbocycles. The summed E-state index contributed by atoms with van der Waals surface area (Å²) in [6.07, 6.45) is 0. The van der Waals surface area contributed by atoms with E-state index in [4.69, 9.17) is 11.6 Å². The number of halogens is 3. The summed E-state index contributed by atoms with van der Waals surface area (Å²) in [5, 5.41) is 3.42. The molecule has 0 atom stereocenters. The lowest BCUT2D eigenvalue weighted by molar-refractivity contribution is -0.113. The number of anilines is 1. The van der Waals surface area contributed by atoms with Crippen LogP contribution in [0.15, 0.2) is 24.3 Å². The molecule has 1 amide bonds. The quantitative estimate of drug-likeness (QED) is 0.575. The van der Waals surface area contributed by atoms with E-state index in [1.807, 2.05) is 0 Å². The van der Waals surface area contributed by atoms with E-state index in [0.717, 1.165) is 5.69 Å². The number of benzene rings is 1. The molecule has 13 heavy (non-hydrogen) atoms. The Morgan fingerprint density at radius 2 is 1.85 bits per heavy atom. The summed E-state index contributed by atoms with van der Waals surface area (Å²) in [6, 6.07) is 7.03. The molecular formula is C8H6ClI2NO. The highest BCUT2D eigenvalue weighted by Gasteiger charge is 2.09. The van der Waals surface area contributed by atoms with Crippen LogP contribution in [0.25, 0.3) is 0 Å². The summed E-state index contributed by atoms with van der Waals surface area (Å²) < 4.78 is -0.0640. The Hall–Kier alpha value is 0.440. The monoisotopic (exact) mass is 421 g/mol. The van der Waals surface area contributed by atoms with Crippen molar-refractivity contribution in [2.75, 3.05) is 5.32 Å². The average Bonchev–Trinajstić information content (AvgIpc) is 2.08. The van der Waals surface area contributed by atoms with E-state index in [2.05, 4.69) is 50.5 Å². The standard InChI is InChI=1S/C8H6ClI2NO/c9-5-1-3-6(4-2-5)12-8(13)7(10)11/h1-4,7H,(H,12,13). The van der Waals surface area contributed by atoms with Gasteiger partial charge in [-0.25, -0.2) is 0 Å². The lowest BCUT2D eigenvalue weighted by Crippen LogP contribution is -2.17. The second kappa shape index (κ2) is 5.35. The van der Waals surface area contributed by atoms with Crippen LogP contribution in [-0.2, 0) is 4.79 Å². The molecule has 0 unspecified atom stereocenters. The van der Waals surface area contributed by atoms with Crippen molar-refractivity contribution in [2.24, 2.45) is 0 Å². The van der Waals surface area contributed by atoms with E-state index in [9.17, 15) is 4.79 Å². The Morgan fingerprint density at radius 1 is 1.31 bits per heavy atom. The Morgan fingerprint density at radius 3 is 2.31 bits per heavy atom. The van der Waals surface area contributed by atoms with Crippen molar-refractivity contribution in [3.63, 3.8) is 0 Å². The van der Waals surface area contributed by atoms with Crippen LogP contribution < -0.4 is 5.32 Å². The number of amides is 1. The predicted octanol–water partition coefficient (Wildman–Crippen LogP) is 3.47. The van der Waals surface area contributed by atoms with Gasteiger partial charge in [0.1, 0.15) is 1.93 Å². The highest BCUT2D eigenvalue weighted by atomic mass is 127. The molecule has 1 rings (SSSR count). The third-order valence-electron chi connectivity index (χ3n) is 1.31. The van der Waals surface area contributed by atoms with E-state index in [1.165, 1.54) is 0 Å². The first-order valence-electron chi connectivity index (χ1n) is 3.44. The smallest absolute Gasteiger partial charge is 0.247 e. The first-order valence-corrected chi connectivity index (χ1v) is 6.31. The summed E-state index contributed by atoms with van der Waals surface area (Å²) in [6.45, 7) is 0. The molecule has 0 bridgehead atoms. The third kappa shape index (κ3) is 3.99. The number of hydrogen-bond donors (Lipinski definition) is 1. The fourth-order valence-corrected chi connectivity index (χ4v) is 1.17. The van der Waals surface area contributed by atoms with Crippen LogP contribution in [-0.4, -0.2) is 7.84 Å². The van der Waals surface area contributed by atoms with Gasteiger partial charge in [0.2, 0.25) is 5.91 Å². The minimum absolute atomic E-state index is 0.0106. The van der Waals surface area contributed by atoms with E-state index in [1.54, 1.807) is 24.3 Å². The Labute approximate surface area is 109 Å². The van der Waals surface area contributed by atoms with E-state index < -0.39 is 0 Å². The van der Waals surface area contributed by atoms with Crippen LogP contribution in [0.1, 0.15) is 0 Å². The van der Waals surface area contributed by atoms with Crippen molar-refractivity contribution in [1.29, 1.82) is 0 Å². The maximum absolute atomic E-state index is 11.2. The molecule has 0 aromatic heterocycles. The Balaban J connectivity index is 2.65. The molecule has 2 nitrogen and oxygen atoms in total. The fourth-order valence-electron chi connectivity index (χ4n) is 0.730. The lowest BCUT2D eigenvalue weighted by atomic mass is 10.3.